The van der Waals surface area contributed by atoms with Gasteiger partial charge in [0.2, 0.25) is 5.89 Å². The van der Waals surface area contributed by atoms with Crippen molar-refractivity contribution in [3.63, 3.8) is 0 Å². The molecule has 3 heterocycles. The highest BCUT2D eigenvalue weighted by Gasteiger charge is 2.23. The highest BCUT2D eigenvalue weighted by molar-refractivity contribution is 7.99. The third kappa shape index (κ3) is 4.11. The fourth-order valence-corrected chi connectivity index (χ4v) is 4.12. The lowest BCUT2D eigenvalue weighted by Crippen LogP contribution is -2.03. The average molecular weight is 441 g/mol. The molecule has 0 aliphatic carbocycles. The maximum atomic E-state index is 6.41. The molecule has 0 unspecified atom stereocenters. The van der Waals surface area contributed by atoms with Gasteiger partial charge < -0.3 is 4.52 Å². The fraction of sp³-hybridized carbons (Fsp3) is 0.286. The molecule has 30 heavy (non-hydrogen) atoms. The molecule has 0 fully saturated rings. The number of hydrogen-bond acceptors (Lipinski definition) is 7. The Kier molecular flexibility index (Phi) is 6.15. The lowest BCUT2D eigenvalue weighted by atomic mass is 10.2. The van der Waals surface area contributed by atoms with E-state index in [-0.39, 0.29) is 5.25 Å². The summed E-state index contributed by atoms with van der Waals surface area (Å²) in [5.41, 5.74) is 2.79. The molecule has 0 aliphatic rings. The van der Waals surface area contributed by atoms with E-state index in [4.69, 9.17) is 16.1 Å². The number of hydrogen-bond donors (Lipinski definition) is 0. The lowest BCUT2D eigenvalue weighted by molar-refractivity contribution is 0.374. The molecule has 0 spiro atoms. The molecular weight excluding hydrogens is 420 g/mol. The predicted octanol–water partition coefficient (Wildman–Crippen LogP) is 5.48. The summed E-state index contributed by atoms with van der Waals surface area (Å²) in [6, 6.07) is 9.63. The first-order valence-electron chi connectivity index (χ1n) is 9.69. The van der Waals surface area contributed by atoms with Crippen molar-refractivity contribution in [2.45, 2.75) is 44.0 Å². The molecule has 4 rings (SSSR count). The Hall–Kier alpha value is -2.71. The molecule has 0 saturated carbocycles. The first kappa shape index (κ1) is 20.6. The van der Waals surface area contributed by atoms with Crippen LogP contribution in [0.3, 0.4) is 0 Å². The van der Waals surface area contributed by atoms with Crippen LogP contribution in [0.1, 0.15) is 42.8 Å². The second-order valence-electron chi connectivity index (χ2n) is 6.82. The Morgan fingerprint density at radius 1 is 1.17 bits per heavy atom. The Morgan fingerprint density at radius 2 is 1.97 bits per heavy atom. The fourth-order valence-electron chi connectivity index (χ4n) is 3.06. The highest BCUT2D eigenvalue weighted by Crippen LogP contribution is 2.37. The number of rotatable bonds is 7. The molecule has 1 atom stereocenters. The summed E-state index contributed by atoms with van der Waals surface area (Å²) < 4.78 is 7.48. The van der Waals surface area contributed by atoms with E-state index in [0.29, 0.717) is 10.9 Å². The SMILES string of the molecule is CCCc1noc([C@H](C)Sc2nnc(-c3ccncc3)n2-c2cccc(Cl)c2C)n1. The summed E-state index contributed by atoms with van der Waals surface area (Å²) in [6.07, 6.45) is 5.24. The monoisotopic (exact) mass is 440 g/mol. The van der Waals surface area contributed by atoms with Crippen LogP contribution in [0.15, 0.2) is 52.4 Å². The number of pyridine rings is 1. The Morgan fingerprint density at radius 3 is 2.73 bits per heavy atom. The van der Waals surface area contributed by atoms with Crippen molar-refractivity contribution in [2.75, 3.05) is 0 Å². The maximum absolute atomic E-state index is 6.41. The number of aryl methyl sites for hydroxylation is 1. The minimum absolute atomic E-state index is 0.0872. The van der Waals surface area contributed by atoms with Gasteiger partial charge in [-0.05, 0) is 50.1 Å². The average Bonchev–Trinajstić information content (AvgIpc) is 3.38. The maximum Gasteiger partial charge on any atom is 0.239 e. The molecule has 0 N–H and O–H groups in total. The third-order valence-electron chi connectivity index (χ3n) is 4.64. The van der Waals surface area contributed by atoms with Crippen LogP contribution in [0.2, 0.25) is 5.02 Å². The van der Waals surface area contributed by atoms with E-state index in [1.165, 1.54) is 11.8 Å². The van der Waals surface area contributed by atoms with Gasteiger partial charge >= 0.3 is 0 Å². The summed E-state index contributed by atoms with van der Waals surface area (Å²) in [4.78, 5) is 8.62. The Bertz CT molecular complexity index is 1140. The zero-order chi connectivity index (χ0) is 21.1. The zero-order valence-corrected chi connectivity index (χ0v) is 18.5. The minimum atomic E-state index is -0.0872. The van der Waals surface area contributed by atoms with Crippen LogP contribution < -0.4 is 0 Å². The standard InChI is InChI=1S/C21H21ClN6OS/c1-4-6-18-24-20(29-27-18)14(3)30-21-26-25-19(15-9-11-23-12-10-15)28(21)17-8-5-7-16(22)13(17)2/h5,7-12,14H,4,6H2,1-3H3/t14-/m0/s1. The van der Waals surface area contributed by atoms with E-state index in [9.17, 15) is 0 Å². The van der Waals surface area contributed by atoms with E-state index in [1.54, 1.807) is 12.4 Å². The van der Waals surface area contributed by atoms with E-state index in [2.05, 4.69) is 32.2 Å². The predicted molar refractivity (Wildman–Crippen MR) is 117 cm³/mol. The topological polar surface area (TPSA) is 82.5 Å². The molecule has 4 aromatic rings. The van der Waals surface area contributed by atoms with Crippen molar-refractivity contribution >= 4 is 23.4 Å². The molecular formula is C21H21ClN6OS. The van der Waals surface area contributed by atoms with Crippen molar-refractivity contribution in [3.8, 4) is 17.1 Å². The van der Waals surface area contributed by atoms with Gasteiger partial charge in [-0.3, -0.25) is 9.55 Å². The smallest absolute Gasteiger partial charge is 0.239 e. The molecule has 3 aromatic heterocycles. The van der Waals surface area contributed by atoms with Crippen LogP contribution >= 0.6 is 23.4 Å². The van der Waals surface area contributed by atoms with Crippen LogP contribution in [0, 0.1) is 6.92 Å². The van der Waals surface area contributed by atoms with Gasteiger partial charge in [-0.15, -0.1) is 10.2 Å². The third-order valence-corrected chi connectivity index (χ3v) is 6.08. The van der Waals surface area contributed by atoms with E-state index >= 15 is 0 Å². The molecule has 0 bridgehead atoms. The molecule has 9 heteroatoms. The first-order chi connectivity index (χ1) is 14.6. The molecule has 0 aliphatic heterocycles. The number of halogens is 1. The summed E-state index contributed by atoms with van der Waals surface area (Å²) in [5.74, 6) is 2.02. The van der Waals surface area contributed by atoms with Crippen LogP contribution in [0.4, 0.5) is 0 Å². The molecule has 1 aromatic carbocycles. The summed E-state index contributed by atoms with van der Waals surface area (Å²) in [7, 11) is 0. The van der Waals surface area contributed by atoms with Crippen molar-refractivity contribution in [2.24, 2.45) is 0 Å². The van der Waals surface area contributed by atoms with Crippen molar-refractivity contribution < 1.29 is 4.52 Å². The van der Waals surface area contributed by atoms with E-state index in [0.717, 1.165) is 46.5 Å². The van der Waals surface area contributed by atoms with Gasteiger partial charge in [0.15, 0.2) is 16.8 Å². The van der Waals surface area contributed by atoms with Crippen LogP contribution in [-0.2, 0) is 6.42 Å². The first-order valence-corrected chi connectivity index (χ1v) is 10.9. The normalized spacial score (nSPS) is 12.3. The van der Waals surface area contributed by atoms with Gasteiger partial charge in [-0.1, -0.05) is 41.5 Å². The largest absolute Gasteiger partial charge is 0.338 e. The minimum Gasteiger partial charge on any atom is -0.338 e. The summed E-state index contributed by atoms with van der Waals surface area (Å²) in [6.45, 7) is 6.09. The molecule has 0 saturated heterocycles. The van der Waals surface area contributed by atoms with Crippen LogP contribution in [0.25, 0.3) is 17.1 Å². The van der Waals surface area contributed by atoms with Crippen molar-refractivity contribution in [1.29, 1.82) is 0 Å². The van der Waals surface area contributed by atoms with Gasteiger partial charge in [-0.2, -0.15) is 4.98 Å². The summed E-state index contributed by atoms with van der Waals surface area (Å²) >= 11 is 7.93. The lowest BCUT2D eigenvalue weighted by Gasteiger charge is -2.14. The second-order valence-corrected chi connectivity index (χ2v) is 8.54. The molecule has 0 amide bonds. The van der Waals surface area contributed by atoms with Crippen LogP contribution in [0.5, 0.6) is 0 Å². The van der Waals surface area contributed by atoms with Crippen molar-refractivity contribution in [3.05, 3.63) is 65.0 Å². The molecule has 0 radical (unpaired) electrons. The van der Waals surface area contributed by atoms with Gasteiger partial charge in [0.25, 0.3) is 0 Å². The van der Waals surface area contributed by atoms with Gasteiger partial charge in [0.05, 0.1) is 10.9 Å². The summed E-state index contributed by atoms with van der Waals surface area (Å²) in [5, 5.41) is 14.3. The zero-order valence-electron chi connectivity index (χ0n) is 16.9. The Balaban J connectivity index is 1.76. The molecule has 7 nitrogen and oxygen atoms in total. The van der Waals surface area contributed by atoms with Gasteiger partial charge in [-0.25, -0.2) is 0 Å². The van der Waals surface area contributed by atoms with Gasteiger partial charge in [0, 0.05) is 29.4 Å². The van der Waals surface area contributed by atoms with Crippen molar-refractivity contribution in [1.82, 2.24) is 29.9 Å². The number of aromatic nitrogens is 6. The van der Waals surface area contributed by atoms with Gasteiger partial charge in [0.1, 0.15) is 0 Å². The number of benzene rings is 1. The number of nitrogens with zero attached hydrogens (tertiary/aromatic N) is 6. The number of thioether (sulfide) groups is 1. The quantitative estimate of drug-likeness (QED) is 0.352. The van der Waals surface area contributed by atoms with Crippen LogP contribution in [-0.4, -0.2) is 29.9 Å². The Labute approximate surface area is 183 Å². The molecule has 154 valence electrons. The van der Waals surface area contributed by atoms with E-state index in [1.807, 2.05) is 48.7 Å². The van der Waals surface area contributed by atoms with E-state index < -0.39 is 0 Å². The highest BCUT2D eigenvalue weighted by atomic mass is 35.5. The second kappa shape index (κ2) is 8.97.